The zero-order chi connectivity index (χ0) is 29.8. The molecule has 0 heterocycles. The van der Waals surface area contributed by atoms with Crippen molar-refractivity contribution in [2.24, 2.45) is 0 Å². The molecule has 0 unspecified atom stereocenters. The summed E-state index contributed by atoms with van der Waals surface area (Å²) in [6, 6.07) is 52.5. The molecule has 0 saturated heterocycles. The molecular formula is C42H38F2SiZr. The molecule has 0 aromatic heterocycles. The Morgan fingerprint density at radius 3 is 1.11 bits per heavy atom. The number of halogens is 2. The van der Waals surface area contributed by atoms with E-state index >= 15 is 0 Å². The van der Waals surface area contributed by atoms with E-state index in [1.54, 1.807) is 0 Å². The Morgan fingerprint density at radius 1 is 0.413 bits per heavy atom. The van der Waals surface area contributed by atoms with Crippen molar-refractivity contribution in [3.63, 3.8) is 0 Å². The summed E-state index contributed by atoms with van der Waals surface area (Å²) >= 11 is 0. The van der Waals surface area contributed by atoms with E-state index in [0.717, 1.165) is 9.52 Å². The number of hydrogen-bond donors (Lipinski definition) is 0. The third-order valence-corrected chi connectivity index (χ3v) is 7.95. The molecule has 0 atom stereocenters. The first kappa shape index (κ1) is 36.5. The molecule has 0 fully saturated rings. The quantitative estimate of drug-likeness (QED) is 0.124. The van der Waals surface area contributed by atoms with Gasteiger partial charge in [0, 0.05) is 9.52 Å². The Kier molecular flexibility index (Phi) is 13.1. The summed E-state index contributed by atoms with van der Waals surface area (Å²) in [5, 5.41) is 10.6. The van der Waals surface area contributed by atoms with Gasteiger partial charge in [0.25, 0.3) is 0 Å². The molecule has 0 nitrogen and oxygen atoms in total. The average molecular weight is 700 g/mol. The molecule has 228 valence electrons. The van der Waals surface area contributed by atoms with Crippen molar-refractivity contribution in [1.29, 1.82) is 0 Å². The molecule has 0 aliphatic heterocycles. The largest absolute Gasteiger partial charge is 2.00 e. The Balaban J connectivity index is 0.000000218. The van der Waals surface area contributed by atoms with Crippen molar-refractivity contribution in [2.45, 2.75) is 26.9 Å². The maximum absolute atomic E-state index is 2.28. The fourth-order valence-electron chi connectivity index (χ4n) is 6.16. The first-order chi connectivity index (χ1) is 21.1. The van der Waals surface area contributed by atoms with E-state index in [1.807, 2.05) is 0 Å². The summed E-state index contributed by atoms with van der Waals surface area (Å²) in [5.41, 5.74) is 7.94. The van der Waals surface area contributed by atoms with E-state index in [-0.39, 0.29) is 35.6 Å². The summed E-state index contributed by atoms with van der Waals surface area (Å²) in [5.74, 6) is 0. The van der Waals surface area contributed by atoms with E-state index in [0.29, 0.717) is 0 Å². The minimum absolute atomic E-state index is 0. The molecule has 8 rings (SSSR count). The Hall–Kier alpha value is -3.98. The Labute approximate surface area is 292 Å². The third kappa shape index (κ3) is 7.52. The van der Waals surface area contributed by atoms with Crippen molar-refractivity contribution < 1.29 is 35.6 Å². The molecule has 0 saturated carbocycles. The van der Waals surface area contributed by atoms with Gasteiger partial charge >= 0.3 is 26.2 Å². The Bertz CT molecular complexity index is 2010. The van der Waals surface area contributed by atoms with Crippen LogP contribution in [0.1, 0.15) is 11.1 Å². The number of rotatable bonds is 2. The first-order valence-corrected chi connectivity index (χ1v) is 16.9. The molecule has 8 aromatic rings. The van der Waals surface area contributed by atoms with Gasteiger partial charge in [0.2, 0.25) is 0 Å². The maximum Gasteiger partial charge on any atom is 2.00 e. The second-order valence-electron chi connectivity index (χ2n) is 11.2. The van der Waals surface area contributed by atoms with Crippen LogP contribution >= 0.6 is 0 Å². The van der Waals surface area contributed by atoms with Gasteiger partial charge in [-0.1, -0.05) is 135 Å². The number of aryl methyl sites for hydroxylation is 2. The van der Waals surface area contributed by atoms with Gasteiger partial charge in [0.1, 0.15) is 0 Å². The number of benzene rings is 6. The number of hydrogen-bond acceptors (Lipinski definition) is 0. The minimum atomic E-state index is 0. The third-order valence-electron chi connectivity index (χ3n) is 7.95. The summed E-state index contributed by atoms with van der Waals surface area (Å²) in [6.07, 6.45) is 0. The summed E-state index contributed by atoms with van der Waals surface area (Å²) < 4.78 is 0. The van der Waals surface area contributed by atoms with Gasteiger partial charge in [-0.2, -0.15) is 12.1 Å². The standard InChI is InChI=1S/2C20H15.C2H6Si.2FH.Zr/c2*1-14-12-16-8-5-11-19(20(16)13-14)18-10-4-7-15-6-2-3-9-17(15)18;1-3-2;;;/h2*2-13H,1H3;1-2H3;2*1H;/q2*-1;;;;+2. The van der Waals surface area contributed by atoms with Crippen LogP contribution in [0.2, 0.25) is 13.1 Å². The maximum atomic E-state index is 2.28. The van der Waals surface area contributed by atoms with Crippen LogP contribution in [0.5, 0.6) is 0 Å². The van der Waals surface area contributed by atoms with Crippen molar-refractivity contribution in [1.82, 2.24) is 0 Å². The fraction of sp³-hybridized carbons (Fsp3) is 0.0952. The van der Waals surface area contributed by atoms with Crippen LogP contribution in [0.3, 0.4) is 0 Å². The predicted octanol–water partition coefficient (Wildman–Crippen LogP) is 12.5. The molecular weight excluding hydrogens is 662 g/mol. The van der Waals surface area contributed by atoms with Crippen LogP contribution in [0.25, 0.3) is 65.3 Å². The van der Waals surface area contributed by atoms with Crippen LogP contribution in [-0.4, -0.2) is 9.52 Å². The van der Waals surface area contributed by atoms with Gasteiger partial charge in [0.05, 0.1) is 0 Å². The molecule has 0 N–H and O–H groups in total. The van der Waals surface area contributed by atoms with Crippen LogP contribution in [0.15, 0.2) is 146 Å². The van der Waals surface area contributed by atoms with E-state index in [1.165, 1.54) is 76.5 Å². The van der Waals surface area contributed by atoms with Crippen LogP contribution in [0.4, 0.5) is 9.41 Å². The van der Waals surface area contributed by atoms with Gasteiger partial charge in [-0.25, -0.2) is 0 Å². The van der Waals surface area contributed by atoms with Gasteiger partial charge in [0.15, 0.2) is 0 Å². The zero-order valence-electron chi connectivity index (χ0n) is 26.7. The van der Waals surface area contributed by atoms with E-state index in [2.05, 4.69) is 173 Å². The first-order valence-electron chi connectivity index (χ1n) is 14.9. The van der Waals surface area contributed by atoms with Gasteiger partial charge < -0.3 is 0 Å². The summed E-state index contributed by atoms with van der Waals surface area (Å²) in [7, 11) is 1.08. The van der Waals surface area contributed by atoms with Crippen molar-refractivity contribution in [3.8, 4) is 22.3 Å². The molecule has 0 spiro atoms. The molecule has 0 amide bonds. The molecule has 0 aliphatic rings. The van der Waals surface area contributed by atoms with Crippen LogP contribution in [-0.2, 0) is 26.2 Å². The Morgan fingerprint density at radius 2 is 0.717 bits per heavy atom. The molecule has 0 bridgehead atoms. The van der Waals surface area contributed by atoms with Gasteiger partial charge in [-0.15, -0.1) is 69.1 Å². The molecule has 4 heteroatoms. The summed E-state index contributed by atoms with van der Waals surface area (Å²) in [6.45, 7) is 8.62. The van der Waals surface area contributed by atoms with Crippen molar-refractivity contribution in [2.75, 3.05) is 0 Å². The van der Waals surface area contributed by atoms with Gasteiger partial charge in [-0.05, 0) is 32.7 Å². The van der Waals surface area contributed by atoms with E-state index < -0.39 is 0 Å². The molecule has 2 radical (unpaired) electrons. The molecule has 46 heavy (non-hydrogen) atoms. The second kappa shape index (κ2) is 16.5. The average Bonchev–Trinajstić information content (AvgIpc) is 3.62. The SMILES string of the molecule is C[Si]C.Cc1cc2c(-c3cccc4ccccc34)cccc2[cH-]1.Cc1cc2c(-c3cccc4ccccc34)cccc2[cH-]1.F.F.[Zr+2]. The zero-order valence-corrected chi connectivity index (χ0v) is 30.1. The van der Waals surface area contributed by atoms with Crippen LogP contribution < -0.4 is 0 Å². The van der Waals surface area contributed by atoms with Crippen LogP contribution in [0, 0.1) is 13.8 Å². The molecule has 0 aliphatic carbocycles. The smallest absolute Gasteiger partial charge is 0.269 e. The normalized spacial score (nSPS) is 10.2. The number of fused-ring (bicyclic) bond motifs is 4. The second-order valence-corrected chi connectivity index (χ2v) is 12.2. The van der Waals surface area contributed by atoms with E-state index in [4.69, 9.17) is 0 Å². The monoisotopic (exact) mass is 698 g/mol. The minimum Gasteiger partial charge on any atom is -0.269 e. The van der Waals surface area contributed by atoms with Gasteiger partial charge in [-0.3, -0.25) is 9.41 Å². The van der Waals surface area contributed by atoms with Crippen molar-refractivity contribution >= 4 is 52.6 Å². The summed E-state index contributed by atoms with van der Waals surface area (Å²) in [4.78, 5) is 0. The fourth-order valence-corrected chi connectivity index (χ4v) is 6.16. The predicted molar refractivity (Wildman–Crippen MR) is 197 cm³/mol. The van der Waals surface area contributed by atoms with E-state index in [9.17, 15) is 0 Å². The van der Waals surface area contributed by atoms with Crippen molar-refractivity contribution in [3.05, 3.63) is 157 Å². The molecule has 8 aromatic carbocycles. The topological polar surface area (TPSA) is 0 Å².